The van der Waals surface area contributed by atoms with Crippen molar-refractivity contribution in [1.29, 1.82) is 0 Å². The van der Waals surface area contributed by atoms with Crippen molar-refractivity contribution >= 4 is 20.1 Å². The van der Waals surface area contributed by atoms with Gasteiger partial charge < -0.3 is 9.59 Å². The molecule has 0 fully saturated rings. The van der Waals surface area contributed by atoms with Crippen LogP contribution >= 0.6 is 0 Å². The standard InChI is InChI=1S/C22H28O4Si/c1-17(23)21(13-19-9-5-3-6-10-19)15-27(25,26)16-22(18(2)24)14-20-11-7-4-8-12-20/h3-12,21-22,25-26H,13-16H2,1-2H3. The normalized spacial score (nSPS) is 13.8. The van der Waals surface area contributed by atoms with E-state index in [1.807, 2.05) is 60.7 Å². The Kier molecular flexibility index (Phi) is 7.65. The van der Waals surface area contributed by atoms with Crippen LogP contribution in [0.4, 0.5) is 0 Å². The van der Waals surface area contributed by atoms with E-state index in [2.05, 4.69) is 0 Å². The predicted octanol–water partition coefficient (Wildman–Crippen LogP) is 3.31. The van der Waals surface area contributed by atoms with Crippen molar-refractivity contribution in [3.63, 3.8) is 0 Å². The van der Waals surface area contributed by atoms with Crippen LogP contribution in [0.3, 0.4) is 0 Å². The Morgan fingerprint density at radius 2 is 1.07 bits per heavy atom. The molecule has 0 radical (unpaired) electrons. The van der Waals surface area contributed by atoms with Gasteiger partial charge in [-0.25, -0.2) is 0 Å². The molecule has 0 bridgehead atoms. The van der Waals surface area contributed by atoms with Gasteiger partial charge in [0.15, 0.2) is 0 Å². The lowest BCUT2D eigenvalue weighted by Crippen LogP contribution is -2.42. The van der Waals surface area contributed by atoms with E-state index in [0.717, 1.165) is 11.1 Å². The highest BCUT2D eigenvalue weighted by Gasteiger charge is 2.38. The summed E-state index contributed by atoms with van der Waals surface area (Å²) < 4.78 is 0. The van der Waals surface area contributed by atoms with Gasteiger partial charge in [0.05, 0.1) is 0 Å². The van der Waals surface area contributed by atoms with E-state index >= 15 is 0 Å². The van der Waals surface area contributed by atoms with Gasteiger partial charge in [0.25, 0.3) is 0 Å². The van der Waals surface area contributed by atoms with Crippen LogP contribution in [0.25, 0.3) is 0 Å². The highest BCUT2D eigenvalue weighted by molar-refractivity contribution is 6.65. The number of hydrogen-bond acceptors (Lipinski definition) is 4. The zero-order valence-electron chi connectivity index (χ0n) is 16.0. The molecule has 0 saturated carbocycles. The maximum absolute atomic E-state index is 12.1. The molecule has 2 rings (SSSR count). The summed E-state index contributed by atoms with van der Waals surface area (Å²) in [7, 11) is -3.70. The largest absolute Gasteiger partial charge is 0.411 e. The van der Waals surface area contributed by atoms with Crippen molar-refractivity contribution in [2.45, 2.75) is 38.8 Å². The zero-order chi connectivity index (χ0) is 19.9. The third-order valence-electron chi connectivity index (χ3n) is 4.95. The van der Waals surface area contributed by atoms with Crippen molar-refractivity contribution < 1.29 is 19.2 Å². The van der Waals surface area contributed by atoms with Gasteiger partial charge in [0.1, 0.15) is 11.6 Å². The van der Waals surface area contributed by atoms with Crippen LogP contribution in [0.15, 0.2) is 60.7 Å². The summed E-state index contributed by atoms with van der Waals surface area (Å²) in [5.74, 6) is -1.00. The second-order valence-corrected chi connectivity index (χ2v) is 10.2. The van der Waals surface area contributed by atoms with Crippen molar-refractivity contribution in [3.8, 4) is 0 Å². The minimum absolute atomic E-state index is 0.0514. The SMILES string of the molecule is CC(=O)C(Cc1ccccc1)C[Si](O)(O)CC(Cc1ccccc1)C(C)=O. The first-order valence-corrected chi connectivity index (χ1v) is 11.6. The van der Waals surface area contributed by atoms with Crippen LogP contribution in [-0.4, -0.2) is 29.7 Å². The third kappa shape index (κ3) is 7.21. The molecule has 2 N–H and O–H groups in total. The van der Waals surface area contributed by atoms with Crippen molar-refractivity contribution in [2.24, 2.45) is 11.8 Å². The summed E-state index contributed by atoms with van der Waals surface area (Å²) in [5.41, 5.74) is 1.99. The van der Waals surface area contributed by atoms with E-state index in [1.165, 1.54) is 13.8 Å². The Bertz CT molecular complexity index is 680. The summed E-state index contributed by atoms with van der Waals surface area (Å²) in [6, 6.07) is 19.3. The summed E-state index contributed by atoms with van der Waals surface area (Å²) in [4.78, 5) is 45.5. The Hall–Kier alpha value is -2.08. The predicted molar refractivity (Wildman–Crippen MR) is 108 cm³/mol. The molecule has 0 aliphatic rings. The first-order chi connectivity index (χ1) is 12.8. The van der Waals surface area contributed by atoms with Gasteiger partial charge in [0, 0.05) is 23.9 Å². The van der Waals surface area contributed by atoms with Gasteiger partial charge in [-0.05, 0) is 37.8 Å². The number of rotatable bonds is 10. The van der Waals surface area contributed by atoms with E-state index in [-0.39, 0.29) is 23.7 Å². The topological polar surface area (TPSA) is 74.6 Å². The second kappa shape index (κ2) is 9.74. The molecule has 27 heavy (non-hydrogen) atoms. The molecule has 144 valence electrons. The second-order valence-electron chi connectivity index (χ2n) is 7.39. The number of ketones is 2. The fourth-order valence-corrected chi connectivity index (χ4v) is 6.00. The van der Waals surface area contributed by atoms with Crippen LogP contribution in [0.2, 0.25) is 12.1 Å². The molecule has 2 atom stereocenters. The summed E-state index contributed by atoms with van der Waals surface area (Å²) in [6.45, 7) is 2.98. The van der Waals surface area contributed by atoms with E-state index < -0.39 is 20.4 Å². The van der Waals surface area contributed by atoms with Crippen LogP contribution in [-0.2, 0) is 22.4 Å². The molecular formula is C22H28O4Si. The van der Waals surface area contributed by atoms with Crippen LogP contribution < -0.4 is 0 Å². The van der Waals surface area contributed by atoms with Crippen molar-refractivity contribution in [1.82, 2.24) is 0 Å². The minimum Gasteiger partial charge on any atom is -0.411 e. The monoisotopic (exact) mass is 384 g/mol. The first-order valence-electron chi connectivity index (χ1n) is 9.30. The molecule has 0 aliphatic carbocycles. The summed E-state index contributed by atoms with van der Waals surface area (Å²) in [5, 5.41) is 0. The lowest BCUT2D eigenvalue weighted by molar-refractivity contribution is -0.120. The quantitative estimate of drug-likeness (QED) is 0.616. The lowest BCUT2D eigenvalue weighted by atomic mass is 9.97. The Labute approximate surface area is 162 Å². The molecule has 0 aromatic heterocycles. The van der Waals surface area contributed by atoms with Crippen LogP contribution in [0, 0.1) is 11.8 Å². The van der Waals surface area contributed by atoms with Gasteiger partial charge in [-0.15, -0.1) is 0 Å². The van der Waals surface area contributed by atoms with Crippen molar-refractivity contribution in [2.75, 3.05) is 0 Å². The van der Waals surface area contributed by atoms with Gasteiger partial charge in [-0.2, -0.15) is 0 Å². The molecule has 0 saturated heterocycles. The molecule has 2 aromatic carbocycles. The van der Waals surface area contributed by atoms with E-state index in [9.17, 15) is 19.2 Å². The Morgan fingerprint density at radius 1 is 0.741 bits per heavy atom. The Morgan fingerprint density at radius 3 is 1.37 bits per heavy atom. The van der Waals surface area contributed by atoms with Crippen LogP contribution in [0.1, 0.15) is 25.0 Å². The maximum Gasteiger partial charge on any atom is 0.334 e. The molecule has 0 aliphatic heterocycles. The smallest absolute Gasteiger partial charge is 0.334 e. The molecule has 2 aromatic rings. The summed E-state index contributed by atoms with van der Waals surface area (Å²) in [6.07, 6.45) is 0.963. The highest BCUT2D eigenvalue weighted by atomic mass is 28.4. The number of hydrogen-bond donors (Lipinski definition) is 2. The molecule has 0 spiro atoms. The Balaban J connectivity index is 2.06. The first kappa shape index (κ1) is 21.2. The number of Topliss-reactive ketones (excluding diaryl/α,β-unsaturated/α-hetero) is 2. The third-order valence-corrected chi connectivity index (χ3v) is 7.24. The molecule has 0 amide bonds. The van der Waals surface area contributed by atoms with Gasteiger partial charge >= 0.3 is 8.56 Å². The number of carbonyl (C=O) groups is 2. The van der Waals surface area contributed by atoms with Crippen LogP contribution in [0.5, 0.6) is 0 Å². The highest BCUT2D eigenvalue weighted by Crippen LogP contribution is 2.26. The van der Waals surface area contributed by atoms with Gasteiger partial charge in [-0.3, -0.25) is 9.59 Å². The average Bonchev–Trinajstić information content (AvgIpc) is 2.62. The van der Waals surface area contributed by atoms with E-state index in [0.29, 0.717) is 12.8 Å². The zero-order valence-corrected chi connectivity index (χ0v) is 17.0. The maximum atomic E-state index is 12.1. The van der Waals surface area contributed by atoms with Crippen molar-refractivity contribution in [3.05, 3.63) is 71.8 Å². The molecule has 4 nitrogen and oxygen atoms in total. The molecule has 2 unspecified atom stereocenters. The summed E-state index contributed by atoms with van der Waals surface area (Å²) >= 11 is 0. The fraction of sp³-hybridized carbons (Fsp3) is 0.364. The van der Waals surface area contributed by atoms with Gasteiger partial charge in [-0.1, -0.05) is 60.7 Å². The van der Waals surface area contributed by atoms with Gasteiger partial charge in [0.2, 0.25) is 0 Å². The van der Waals surface area contributed by atoms with E-state index in [1.54, 1.807) is 0 Å². The molecule has 5 heteroatoms. The number of benzene rings is 2. The average molecular weight is 385 g/mol. The van der Waals surface area contributed by atoms with E-state index in [4.69, 9.17) is 0 Å². The fourth-order valence-electron chi connectivity index (χ4n) is 3.39. The minimum atomic E-state index is -3.70. The number of carbonyl (C=O) groups excluding carboxylic acids is 2. The lowest BCUT2D eigenvalue weighted by Gasteiger charge is -2.26. The molecular weight excluding hydrogens is 356 g/mol. The molecule has 0 heterocycles.